The molecule has 4 heterocycles. The lowest BCUT2D eigenvalue weighted by Gasteiger charge is -2.36. The van der Waals surface area contributed by atoms with Crippen LogP contribution in [0.3, 0.4) is 0 Å². The van der Waals surface area contributed by atoms with Crippen molar-refractivity contribution in [2.75, 3.05) is 12.0 Å². The number of methoxy groups -OCH3 is 1. The number of carbonyl (C=O) groups excluding carboxylic acids is 2. The molecule has 8 nitrogen and oxygen atoms in total. The average molecular weight is 536 g/mol. The number of rotatable bonds is 4. The van der Waals surface area contributed by atoms with E-state index in [0.717, 1.165) is 16.5 Å². The van der Waals surface area contributed by atoms with E-state index in [1.807, 2.05) is 50.3 Å². The summed E-state index contributed by atoms with van der Waals surface area (Å²) in [5.74, 6) is -0.380. The molecule has 37 heavy (non-hydrogen) atoms. The molecule has 0 bridgehead atoms. The normalized spacial score (nSPS) is 20.5. The second-order valence-corrected chi connectivity index (χ2v) is 10.2. The van der Waals surface area contributed by atoms with Gasteiger partial charge in [-0.2, -0.15) is 5.10 Å². The van der Waals surface area contributed by atoms with Crippen molar-refractivity contribution in [2.45, 2.75) is 38.1 Å². The lowest BCUT2D eigenvalue weighted by molar-refractivity contribution is -0.128. The van der Waals surface area contributed by atoms with E-state index in [1.54, 1.807) is 17.9 Å². The highest BCUT2D eigenvalue weighted by Gasteiger charge is 2.66. The molecule has 1 spiro atoms. The van der Waals surface area contributed by atoms with Crippen molar-refractivity contribution in [3.8, 4) is 11.4 Å². The topological polar surface area (TPSA) is 80.6 Å². The molecule has 0 fully saturated rings. The van der Waals surface area contributed by atoms with Gasteiger partial charge in [-0.05, 0) is 37.0 Å². The van der Waals surface area contributed by atoms with E-state index >= 15 is 0 Å². The number of anilines is 1. The van der Waals surface area contributed by atoms with Crippen LogP contribution in [0.2, 0.25) is 5.02 Å². The Morgan fingerprint density at radius 1 is 1.16 bits per heavy atom. The van der Waals surface area contributed by atoms with Gasteiger partial charge >= 0.3 is 0 Å². The Morgan fingerprint density at radius 3 is 2.68 bits per heavy atom. The maximum Gasteiger partial charge on any atom is 0.280 e. The number of carbonyl (C=O) groups is 2. The Balaban J connectivity index is 1.73. The third-order valence-electron chi connectivity index (χ3n) is 7.09. The second-order valence-electron chi connectivity index (χ2n) is 9.45. The molecule has 2 aromatic heterocycles. The number of nitrogens with zero attached hydrogens (tertiary/aromatic N) is 5. The number of aromatic nitrogens is 3. The van der Waals surface area contributed by atoms with Gasteiger partial charge in [-0.3, -0.25) is 19.5 Å². The molecule has 1 atom stereocenters. The smallest absolute Gasteiger partial charge is 0.280 e. The lowest BCUT2D eigenvalue weighted by Crippen LogP contribution is -2.52. The third kappa shape index (κ3) is 3.09. The van der Waals surface area contributed by atoms with Crippen LogP contribution in [0.5, 0.6) is 5.75 Å². The van der Waals surface area contributed by atoms with E-state index in [9.17, 15) is 9.59 Å². The maximum absolute atomic E-state index is 14.3. The number of allylic oxidation sites excluding steroid dienone is 2. The molecular formula is C27H23Cl2N5O3. The minimum absolute atomic E-state index is 0.114. The molecule has 2 aliphatic heterocycles. The van der Waals surface area contributed by atoms with Crippen LogP contribution in [0, 0.1) is 0 Å². The highest BCUT2D eigenvalue weighted by Crippen LogP contribution is 2.57. The monoisotopic (exact) mass is 535 g/mol. The van der Waals surface area contributed by atoms with E-state index in [4.69, 9.17) is 33.2 Å². The predicted molar refractivity (Wildman–Crippen MR) is 140 cm³/mol. The number of para-hydroxylation sites is 2. The predicted octanol–water partition coefficient (Wildman–Crippen LogP) is 5.51. The van der Waals surface area contributed by atoms with Gasteiger partial charge in [0.15, 0.2) is 11.2 Å². The summed E-state index contributed by atoms with van der Waals surface area (Å²) in [6, 6.07) is 9.07. The quantitative estimate of drug-likeness (QED) is 0.411. The van der Waals surface area contributed by atoms with Crippen molar-refractivity contribution in [1.82, 2.24) is 19.2 Å². The fraction of sp³-hybridized carbons (Fsp3) is 0.259. The number of pyridine rings is 1. The first-order valence-electron chi connectivity index (χ1n) is 11.9. The lowest BCUT2D eigenvalue weighted by atomic mass is 9.79. The summed E-state index contributed by atoms with van der Waals surface area (Å²) in [7, 11) is 1.58. The number of hydrogen-bond donors (Lipinski definition) is 0. The minimum atomic E-state index is -1.55. The Kier molecular flexibility index (Phi) is 5.43. The van der Waals surface area contributed by atoms with Crippen LogP contribution in [0.25, 0.3) is 5.69 Å². The van der Waals surface area contributed by atoms with Gasteiger partial charge in [0.25, 0.3) is 11.8 Å². The molecule has 6 rings (SSSR count). The molecule has 0 saturated heterocycles. The molecule has 10 heteroatoms. The second kappa shape index (κ2) is 8.46. The van der Waals surface area contributed by atoms with Crippen molar-refractivity contribution in [3.63, 3.8) is 0 Å². The summed E-state index contributed by atoms with van der Waals surface area (Å²) in [5, 5.41) is 5.16. The summed E-state index contributed by atoms with van der Waals surface area (Å²) < 4.78 is 8.49. The van der Waals surface area contributed by atoms with Gasteiger partial charge in [-0.1, -0.05) is 49.7 Å². The minimum Gasteiger partial charge on any atom is -0.494 e. The van der Waals surface area contributed by atoms with Crippen LogP contribution in [-0.2, 0) is 10.3 Å². The van der Waals surface area contributed by atoms with Crippen LogP contribution in [0.4, 0.5) is 5.69 Å². The average Bonchev–Trinajstić information content (AvgIpc) is 3.48. The standard InChI is InChI=1S/C27H23Cl2N5O3/c1-15(2)24-22-23(31-34(24)20-10-6-7-11-21(20)37-3)25(35)32(17-12-16(28)13-30-14-17)27(22)18-8-4-5-9-19(18)33(29)26(27)36/h4,6-8,10-15H,5,9H2,1-3H3. The molecule has 0 saturated carbocycles. The zero-order valence-electron chi connectivity index (χ0n) is 20.4. The van der Waals surface area contributed by atoms with Crippen LogP contribution in [-0.4, -0.2) is 38.1 Å². The highest BCUT2D eigenvalue weighted by atomic mass is 35.5. The van der Waals surface area contributed by atoms with Gasteiger partial charge in [0, 0.05) is 34.8 Å². The van der Waals surface area contributed by atoms with Crippen LogP contribution >= 0.6 is 23.4 Å². The van der Waals surface area contributed by atoms with Crippen LogP contribution < -0.4 is 9.64 Å². The number of halogens is 2. The fourth-order valence-corrected chi connectivity index (χ4v) is 6.15. The molecule has 3 aliphatic rings. The molecule has 2 amide bonds. The fourth-order valence-electron chi connectivity index (χ4n) is 5.69. The van der Waals surface area contributed by atoms with Crippen LogP contribution in [0.15, 0.2) is 66.1 Å². The molecule has 1 unspecified atom stereocenters. The third-order valence-corrected chi connectivity index (χ3v) is 7.65. The molecule has 0 radical (unpaired) electrons. The van der Waals surface area contributed by atoms with Crippen molar-refractivity contribution >= 4 is 40.9 Å². The van der Waals surface area contributed by atoms with Gasteiger partial charge in [-0.15, -0.1) is 0 Å². The zero-order valence-corrected chi connectivity index (χ0v) is 21.9. The largest absolute Gasteiger partial charge is 0.494 e. The summed E-state index contributed by atoms with van der Waals surface area (Å²) in [4.78, 5) is 34.2. The van der Waals surface area contributed by atoms with E-state index in [2.05, 4.69) is 4.98 Å². The van der Waals surface area contributed by atoms with E-state index < -0.39 is 17.4 Å². The number of fused-ring (bicyclic) bond motifs is 3. The zero-order chi connectivity index (χ0) is 26.1. The van der Waals surface area contributed by atoms with Gasteiger partial charge < -0.3 is 4.74 Å². The molecule has 188 valence electrons. The first-order chi connectivity index (χ1) is 17.8. The van der Waals surface area contributed by atoms with Gasteiger partial charge in [0.05, 0.1) is 29.7 Å². The molecule has 1 aliphatic carbocycles. The van der Waals surface area contributed by atoms with Crippen molar-refractivity contribution < 1.29 is 14.3 Å². The number of hydrogen-bond acceptors (Lipinski definition) is 5. The van der Waals surface area contributed by atoms with Crippen LogP contribution in [0.1, 0.15) is 54.4 Å². The van der Waals surface area contributed by atoms with Gasteiger partial charge in [0.2, 0.25) is 0 Å². The Bertz CT molecular complexity index is 1540. The van der Waals surface area contributed by atoms with E-state index in [-0.39, 0.29) is 11.6 Å². The number of benzene rings is 1. The summed E-state index contributed by atoms with van der Waals surface area (Å²) in [6.45, 7) is 4.02. The first-order valence-corrected chi connectivity index (χ1v) is 12.7. The van der Waals surface area contributed by atoms with E-state index in [0.29, 0.717) is 45.4 Å². The highest BCUT2D eigenvalue weighted by molar-refractivity contribution is 6.32. The Hall–Kier alpha value is -3.62. The maximum atomic E-state index is 14.3. The number of ether oxygens (including phenoxy) is 1. The van der Waals surface area contributed by atoms with E-state index in [1.165, 1.54) is 17.3 Å². The summed E-state index contributed by atoms with van der Waals surface area (Å²) >= 11 is 13.0. The van der Waals surface area contributed by atoms with Gasteiger partial charge in [-0.25, -0.2) is 9.10 Å². The van der Waals surface area contributed by atoms with Crippen molar-refractivity contribution in [1.29, 1.82) is 0 Å². The van der Waals surface area contributed by atoms with Gasteiger partial charge in [0.1, 0.15) is 11.4 Å². The Morgan fingerprint density at radius 2 is 1.95 bits per heavy atom. The molecular weight excluding hydrogens is 513 g/mol. The molecule has 0 N–H and O–H groups in total. The van der Waals surface area contributed by atoms with Crippen molar-refractivity contribution in [3.05, 3.63) is 88.1 Å². The number of amides is 2. The molecule has 3 aromatic rings. The molecule has 1 aromatic carbocycles. The first kappa shape index (κ1) is 23.8. The van der Waals surface area contributed by atoms with Crippen molar-refractivity contribution in [2.24, 2.45) is 0 Å². The summed E-state index contributed by atoms with van der Waals surface area (Å²) in [6.07, 6.45) is 8.22. The Labute approximate surface area is 223 Å². The SMILES string of the molecule is COc1ccccc1-n1nc2c(c1C(C)C)C1(C(=O)N(Cl)C3=C1C=CCC3)N(c1cncc(Cl)c1)C2=O. The summed E-state index contributed by atoms with van der Waals surface area (Å²) in [5.41, 5.74) is 2.26.